The largest absolute Gasteiger partial charge is 0.303 e. The Balaban J connectivity index is 2.18. The van der Waals surface area contributed by atoms with Crippen LogP contribution in [0.5, 0.6) is 0 Å². The van der Waals surface area contributed by atoms with Crippen LogP contribution in [0, 0.1) is 11.7 Å². The summed E-state index contributed by atoms with van der Waals surface area (Å²) in [6.45, 7) is 6.50. The number of nitrogens with one attached hydrogen (secondary N) is 1. The molecular weight excluding hydrogens is 329 g/mol. The number of hydrogen-bond acceptors (Lipinski definition) is 1. The number of rotatable bonds is 5. The van der Waals surface area contributed by atoms with Gasteiger partial charge in [0.1, 0.15) is 5.82 Å². The lowest BCUT2D eigenvalue weighted by Gasteiger charge is -2.27. The summed E-state index contributed by atoms with van der Waals surface area (Å²) < 4.78 is 14.2. The Morgan fingerprint density at radius 3 is 2.19 bits per heavy atom. The molecule has 0 bridgehead atoms. The first kappa shape index (κ1) is 16.2. The van der Waals surface area contributed by atoms with Crippen LogP contribution in [0.15, 0.2) is 53.0 Å². The van der Waals surface area contributed by atoms with Crippen LogP contribution in [0.2, 0.25) is 0 Å². The van der Waals surface area contributed by atoms with E-state index in [4.69, 9.17) is 0 Å². The van der Waals surface area contributed by atoms with Crippen LogP contribution in [0.4, 0.5) is 4.39 Å². The molecule has 3 heteroatoms. The van der Waals surface area contributed by atoms with Crippen LogP contribution < -0.4 is 5.32 Å². The molecule has 2 aromatic carbocycles. The van der Waals surface area contributed by atoms with E-state index in [1.807, 2.05) is 24.3 Å². The van der Waals surface area contributed by atoms with E-state index >= 15 is 0 Å². The maximum atomic E-state index is 13.1. The molecule has 2 atom stereocenters. The maximum Gasteiger partial charge on any atom is 0.123 e. The van der Waals surface area contributed by atoms with Gasteiger partial charge in [0, 0.05) is 16.6 Å². The van der Waals surface area contributed by atoms with Gasteiger partial charge < -0.3 is 5.32 Å². The standard InChI is InChI=1S/C18H21BrFN/c1-12(2)18(14-7-9-17(20)10-8-14)21-13(3)15-5-4-6-16(19)11-15/h4-13,18,21H,1-3H3. The normalized spacial score (nSPS) is 14.2. The Hall–Kier alpha value is -1.19. The first-order chi connectivity index (χ1) is 9.97. The van der Waals surface area contributed by atoms with Crippen LogP contribution in [0.25, 0.3) is 0 Å². The van der Waals surface area contributed by atoms with Gasteiger partial charge in [-0.25, -0.2) is 4.39 Å². The van der Waals surface area contributed by atoms with Crippen LogP contribution in [-0.4, -0.2) is 0 Å². The van der Waals surface area contributed by atoms with Crippen LogP contribution in [-0.2, 0) is 0 Å². The summed E-state index contributed by atoms with van der Waals surface area (Å²) in [4.78, 5) is 0. The molecule has 0 spiro atoms. The lowest BCUT2D eigenvalue weighted by molar-refractivity contribution is 0.374. The van der Waals surface area contributed by atoms with Crippen LogP contribution >= 0.6 is 15.9 Å². The highest BCUT2D eigenvalue weighted by Crippen LogP contribution is 2.27. The van der Waals surface area contributed by atoms with Crippen molar-refractivity contribution >= 4 is 15.9 Å². The molecule has 0 saturated carbocycles. The second-order valence-electron chi connectivity index (χ2n) is 5.72. The second-order valence-corrected chi connectivity index (χ2v) is 6.63. The van der Waals surface area contributed by atoms with E-state index in [-0.39, 0.29) is 17.9 Å². The van der Waals surface area contributed by atoms with Crippen molar-refractivity contribution in [1.29, 1.82) is 0 Å². The zero-order chi connectivity index (χ0) is 15.4. The molecule has 2 aromatic rings. The van der Waals surface area contributed by atoms with E-state index in [1.54, 1.807) is 0 Å². The van der Waals surface area contributed by atoms with Gasteiger partial charge >= 0.3 is 0 Å². The van der Waals surface area contributed by atoms with Crippen molar-refractivity contribution in [1.82, 2.24) is 5.32 Å². The molecule has 21 heavy (non-hydrogen) atoms. The molecule has 1 N–H and O–H groups in total. The summed E-state index contributed by atoms with van der Waals surface area (Å²) >= 11 is 3.51. The number of benzene rings is 2. The Bertz CT molecular complexity index is 580. The monoisotopic (exact) mass is 349 g/mol. The summed E-state index contributed by atoms with van der Waals surface area (Å²) in [6, 6.07) is 15.5. The fourth-order valence-electron chi connectivity index (χ4n) is 2.49. The maximum absolute atomic E-state index is 13.1. The highest BCUT2D eigenvalue weighted by Gasteiger charge is 2.18. The van der Waals surface area contributed by atoms with E-state index in [0.717, 1.165) is 10.0 Å². The van der Waals surface area contributed by atoms with E-state index in [2.05, 4.69) is 54.2 Å². The van der Waals surface area contributed by atoms with E-state index in [0.29, 0.717) is 5.92 Å². The van der Waals surface area contributed by atoms with Gasteiger partial charge in [0.05, 0.1) is 0 Å². The first-order valence-corrected chi connectivity index (χ1v) is 8.03. The molecule has 2 unspecified atom stereocenters. The second kappa shape index (κ2) is 7.19. The lowest BCUT2D eigenvalue weighted by Crippen LogP contribution is -2.28. The quantitative estimate of drug-likeness (QED) is 0.736. The SMILES string of the molecule is CC(NC(c1ccc(F)cc1)C(C)C)c1cccc(Br)c1. The van der Waals surface area contributed by atoms with Gasteiger partial charge in [-0.1, -0.05) is 54.0 Å². The molecule has 0 radical (unpaired) electrons. The van der Waals surface area contributed by atoms with Crippen molar-refractivity contribution < 1.29 is 4.39 Å². The highest BCUT2D eigenvalue weighted by molar-refractivity contribution is 9.10. The Kier molecular flexibility index (Phi) is 5.54. The number of halogens is 2. The third kappa shape index (κ3) is 4.39. The minimum atomic E-state index is -0.193. The molecule has 1 nitrogen and oxygen atoms in total. The summed E-state index contributed by atoms with van der Waals surface area (Å²) in [5.41, 5.74) is 2.35. The van der Waals surface area contributed by atoms with Gasteiger partial charge in [-0.15, -0.1) is 0 Å². The van der Waals surface area contributed by atoms with Crippen molar-refractivity contribution in [3.8, 4) is 0 Å². The van der Waals surface area contributed by atoms with Crippen LogP contribution in [0.3, 0.4) is 0 Å². The van der Waals surface area contributed by atoms with E-state index in [1.165, 1.54) is 17.7 Å². The molecule has 0 aliphatic heterocycles. The Morgan fingerprint density at radius 2 is 1.62 bits per heavy atom. The Morgan fingerprint density at radius 1 is 0.952 bits per heavy atom. The fraction of sp³-hybridized carbons (Fsp3) is 0.333. The first-order valence-electron chi connectivity index (χ1n) is 7.24. The predicted molar refractivity (Wildman–Crippen MR) is 89.7 cm³/mol. The zero-order valence-electron chi connectivity index (χ0n) is 12.6. The molecule has 0 aliphatic carbocycles. The van der Waals surface area contributed by atoms with Crippen molar-refractivity contribution in [3.05, 3.63) is 69.9 Å². The molecule has 0 aromatic heterocycles. The van der Waals surface area contributed by atoms with Gasteiger partial charge in [0.15, 0.2) is 0 Å². The third-order valence-electron chi connectivity index (χ3n) is 3.67. The predicted octanol–water partition coefficient (Wildman–Crippen LogP) is 5.64. The van der Waals surface area contributed by atoms with Crippen molar-refractivity contribution in [2.75, 3.05) is 0 Å². The summed E-state index contributed by atoms with van der Waals surface area (Å²) in [6.07, 6.45) is 0. The third-order valence-corrected chi connectivity index (χ3v) is 4.17. The van der Waals surface area contributed by atoms with Crippen LogP contribution in [0.1, 0.15) is 44.0 Å². The number of hydrogen-bond donors (Lipinski definition) is 1. The molecule has 0 aliphatic rings. The molecule has 112 valence electrons. The van der Waals surface area contributed by atoms with Crippen molar-refractivity contribution in [2.45, 2.75) is 32.9 Å². The van der Waals surface area contributed by atoms with Gasteiger partial charge in [-0.3, -0.25) is 0 Å². The summed E-state index contributed by atoms with van der Waals surface area (Å²) in [7, 11) is 0. The summed E-state index contributed by atoms with van der Waals surface area (Å²) in [5, 5.41) is 3.65. The topological polar surface area (TPSA) is 12.0 Å². The van der Waals surface area contributed by atoms with E-state index in [9.17, 15) is 4.39 Å². The van der Waals surface area contributed by atoms with Gasteiger partial charge in [0.2, 0.25) is 0 Å². The van der Waals surface area contributed by atoms with Gasteiger partial charge in [-0.2, -0.15) is 0 Å². The Labute approximate surface area is 134 Å². The average molecular weight is 350 g/mol. The van der Waals surface area contributed by atoms with Gasteiger partial charge in [-0.05, 0) is 48.2 Å². The van der Waals surface area contributed by atoms with Gasteiger partial charge in [0.25, 0.3) is 0 Å². The summed E-state index contributed by atoms with van der Waals surface area (Å²) in [5.74, 6) is 0.228. The molecule has 2 rings (SSSR count). The minimum Gasteiger partial charge on any atom is -0.303 e. The molecule has 0 saturated heterocycles. The molecule has 0 heterocycles. The highest BCUT2D eigenvalue weighted by atomic mass is 79.9. The smallest absolute Gasteiger partial charge is 0.123 e. The molecule has 0 fully saturated rings. The van der Waals surface area contributed by atoms with Crippen molar-refractivity contribution in [2.24, 2.45) is 5.92 Å². The molecular formula is C18H21BrFN. The van der Waals surface area contributed by atoms with Crippen molar-refractivity contribution in [3.63, 3.8) is 0 Å². The lowest BCUT2D eigenvalue weighted by atomic mass is 9.94. The zero-order valence-corrected chi connectivity index (χ0v) is 14.2. The molecule has 0 amide bonds. The minimum absolute atomic E-state index is 0.193. The average Bonchev–Trinajstić information content (AvgIpc) is 2.45. The van der Waals surface area contributed by atoms with E-state index < -0.39 is 0 Å². The fourth-order valence-corrected chi connectivity index (χ4v) is 2.90.